The topological polar surface area (TPSA) is 246 Å². The molecule has 0 saturated heterocycles. The number of aromatic amines is 4. The summed E-state index contributed by atoms with van der Waals surface area (Å²) in [6.45, 7) is 0.837. The normalized spacial score (nSPS) is 9.78. The van der Waals surface area contributed by atoms with E-state index in [1.807, 2.05) is 54.7 Å². The summed E-state index contributed by atoms with van der Waals surface area (Å²) in [5.74, 6) is 4.98. The molecule has 0 fully saturated rings. The predicted octanol–water partition coefficient (Wildman–Crippen LogP) is 5.92. The number of halogens is 1. The van der Waals surface area contributed by atoms with Crippen LogP contribution < -0.4 is 11.5 Å². The van der Waals surface area contributed by atoms with Gasteiger partial charge < -0.3 is 31.4 Å². The molecule has 7 rings (SSSR count). The van der Waals surface area contributed by atoms with Crippen molar-refractivity contribution in [2.24, 2.45) is 5.11 Å². The van der Waals surface area contributed by atoms with Crippen molar-refractivity contribution in [1.29, 1.82) is 0 Å². The quantitative estimate of drug-likeness (QED) is 0.0460. The number of nitrogen functional groups attached to an aromatic ring is 2. The number of nitrogens with one attached hydrogen (secondary N) is 4. The lowest BCUT2D eigenvalue weighted by Gasteiger charge is -1.95. The molecule has 0 radical (unpaired) electrons. The lowest BCUT2D eigenvalue weighted by molar-refractivity contribution is 0.630. The van der Waals surface area contributed by atoms with Gasteiger partial charge in [0.05, 0.1) is 46.7 Å². The second-order valence-corrected chi connectivity index (χ2v) is 9.99. The number of nitrogens with two attached hydrogens (primary N) is 2. The highest BCUT2D eigenvalue weighted by molar-refractivity contribution is 5.85. The summed E-state index contributed by atoms with van der Waals surface area (Å²) in [6, 6.07) is 15.6. The van der Waals surface area contributed by atoms with E-state index in [4.69, 9.17) is 23.4 Å². The van der Waals surface area contributed by atoms with Crippen LogP contribution in [0.15, 0.2) is 72.2 Å². The number of benzene rings is 2. The maximum absolute atomic E-state index is 8.12. The van der Waals surface area contributed by atoms with Crippen LogP contribution in [-0.4, -0.2) is 54.9 Å². The Morgan fingerprint density at radius 1 is 0.816 bits per heavy atom. The Balaban J connectivity index is 0.000000274. The van der Waals surface area contributed by atoms with E-state index in [0.717, 1.165) is 70.7 Å². The molecule has 5 heterocycles. The van der Waals surface area contributed by atoms with E-state index in [2.05, 4.69) is 66.1 Å². The lowest BCUT2D eigenvalue weighted by atomic mass is 10.2. The van der Waals surface area contributed by atoms with Gasteiger partial charge in [-0.05, 0) is 42.6 Å². The molecule has 0 aliphatic rings. The van der Waals surface area contributed by atoms with Gasteiger partial charge >= 0.3 is 0 Å². The van der Waals surface area contributed by atoms with Gasteiger partial charge in [-0.2, -0.15) is 0 Å². The van der Waals surface area contributed by atoms with Crippen LogP contribution in [0, 0.1) is 12.3 Å². The zero-order chi connectivity index (χ0) is 32.1. The number of azide groups is 1. The van der Waals surface area contributed by atoms with Crippen LogP contribution in [0.1, 0.15) is 50.0 Å². The minimum Gasteiger partial charge on any atom is -0.369 e. The van der Waals surface area contributed by atoms with E-state index in [-0.39, 0.29) is 33.8 Å². The van der Waals surface area contributed by atoms with E-state index in [0.29, 0.717) is 24.3 Å². The second-order valence-electron chi connectivity index (χ2n) is 9.99. The van der Waals surface area contributed by atoms with Crippen molar-refractivity contribution in [3.63, 3.8) is 0 Å². The second kappa shape index (κ2) is 19.4. The molecule has 17 heteroatoms. The predicted molar refractivity (Wildman–Crippen MR) is 195 cm³/mol. The maximum atomic E-state index is 8.12. The van der Waals surface area contributed by atoms with Crippen molar-refractivity contribution >= 4 is 46.4 Å². The number of terminal acetylenes is 1. The molecule has 0 bridgehead atoms. The van der Waals surface area contributed by atoms with E-state index in [1.54, 1.807) is 17.1 Å². The van der Waals surface area contributed by atoms with E-state index < -0.39 is 0 Å². The zero-order valence-electron chi connectivity index (χ0n) is 25.2. The number of fused-ring (bicyclic) bond motifs is 2. The van der Waals surface area contributed by atoms with Crippen LogP contribution >= 0.6 is 12.4 Å². The average Bonchev–Trinajstić information content (AvgIpc) is 3.90. The zero-order valence-corrected chi connectivity index (χ0v) is 26.0. The molecule has 0 saturated carbocycles. The Morgan fingerprint density at radius 3 is 1.94 bits per heavy atom. The molecule has 16 nitrogen and oxygen atoms in total. The third-order valence-electron chi connectivity index (χ3n) is 6.54. The van der Waals surface area contributed by atoms with E-state index in [9.17, 15) is 0 Å². The van der Waals surface area contributed by atoms with Crippen molar-refractivity contribution in [3.8, 4) is 12.3 Å². The Kier molecular flexibility index (Phi) is 15.4. The number of H-pyrrole nitrogens is 4. The summed E-state index contributed by atoms with van der Waals surface area (Å²) in [4.78, 5) is 31.5. The maximum Gasteiger partial charge on any atom is 0.197 e. The third kappa shape index (κ3) is 11.5. The minimum absolute atomic E-state index is 0. The van der Waals surface area contributed by atoms with Gasteiger partial charge in [0, 0.05) is 35.3 Å². The molecule has 0 unspecified atom stereocenters. The highest BCUT2D eigenvalue weighted by Gasteiger charge is 2.07. The third-order valence-corrected chi connectivity index (χ3v) is 6.54. The Hall–Kier alpha value is -6.30. The Labute approximate surface area is 289 Å². The number of nitrogens with zero attached hydrogens (tertiary/aromatic N) is 10. The highest BCUT2D eigenvalue weighted by Crippen LogP contribution is 2.12. The molecule has 256 valence electrons. The molecule has 0 amide bonds. The summed E-state index contributed by atoms with van der Waals surface area (Å²) in [5.41, 5.74) is 25.8. The van der Waals surface area contributed by atoms with Gasteiger partial charge in [-0.25, -0.2) is 24.6 Å². The molecule has 0 spiro atoms. The molecular weight excluding hydrogens is 644 g/mol. The van der Waals surface area contributed by atoms with Gasteiger partial charge in [-0.1, -0.05) is 49.4 Å². The van der Waals surface area contributed by atoms with Gasteiger partial charge in [0.25, 0.3) is 0 Å². The summed E-state index contributed by atoms with van der Waals surface area (Å²) < 4.78 is 1.79. The monoisotopic (exact) mass is 684 g/mol. The number of rotatable bonds is 9. The minimum atomic E-state index is 0. The summed E-state index contributed by atoms with van der Waals surface area (Å²) in [7, 11) is 0. The standard InChI is InChI=1S/C15H16N8.C8H7N5.C7H9N3.2CH4.ClH/c16-15-17-7-10(18-15)5-6-11-8-23(22-21-11)9-14-19-12-3-1-2-4-13(12)20-14;9-13-10-5-8-11-6-3-1-2-4-7(6)12-8;1-2-3-4-6-5-9-7(8)10-6;;;/h1-4,7-8H,5-6,9H2,(H,19,20)(H3,16,17,18);1-4H,5H2,(H,11,12);1,5H,3-4H2,(H3,8,9,10);2*1H4;1H. The van der Waals surface area contributed by atoms with Crippen molar-refractivity contribution in [3.05, 3.63) is 106 Å². The SMILES string of the molecule is C.C.C#CCCc1cnc(N)[nH]1.Cl.Nc1ncc(CCc2cn(Cc3nc4ccccc4[nH]3)nn2)[nH]1.[N-]=[N+]=NCc1nc2ccccc2[nH]1. The molecule has 7 aromatic rings. The first-order valence-corrected chi connectivity index (χ1v) is 14.3. The highest BCUT2D eigenvalue weighted by atomic mass is 35.5. The fourth-order valence-corrected chi connectivity index (χ4v) is 4.42. The Bertz CT molecular complexity index is 2020. The number of aryl methyl sites for hydroxylation is 3. The Morgan fingerprint density at radius 2 is 1.39 bits per heavy atom. The van der Waals surface area contributed by atoms with Crippen LogP contribution in [0.5, 0.6) is 0 Å². The van der Waals surface area contributed by atoms with Gasteiger partial charge in [0.1, 0.15) is 18.2 Å². The van der Waals surface area contributed by atoms with E-state index >= 15 is 0 Å². The first-order chi connectivity index (χ1) is 22.5. The van der Waals surface area contributed by atoms with Crippen LogP contribution in [0.4, 0.5) is 11.9 Å². The van der Waals surface area contributed by atoms with Gasteiger partial charge in [-0.3, -0.25) is 0 Å². The van der Waals surface area contributed by atoms with Crippen molar-refractivity contribution < 1.29 is 0 Å². The summed E-state index contributed by atoms with van der Waals surface area (Å²) in [5, 5.41) is 11.8. The number of para-hydroxylation sites is 4. The number of hydrogen-bond acceptors (Lipinski definition) is 9. The summed E-state index contributed by atoms with van der Waals surface area (Å²) >= 11 is 0. The number of hydrogen-bond donors (Lipinski definition) is 6. The first-order valence-electron chi connectivity index (χ1n) is 14.3. The molecular formula is C32H41ClN16. The fraction of sp³-hybridized carbons (Fsp3) is 0.250. The molecule has 0 aliphatic heterocycles. The first kappa shape index (κ1) is 38.9. The molecule has 2 aromatic carbocycles. The molecule has 0 atom stereocenters. The molecule has 49 heavy (non-hydrogen) atoms. The van der Waals surface area contributed by atoms with Gasteiger partial charge in [0.2, 0.25) is 0 Å². The average molecular weight is 685 g/mol. The van der Waals surface area contributed by atoms with Crippen LogP contribution in [-0.2, 0) is 32.4 Å². The lowest BCUT2D eigenvalue weighted by Crippen LogP contribution is -2.02. The molecule has 8 N–H and O–H groups in total. The van der Waals surface area contributed by atoms with Crippen molar-refractivity contribution in [2.45, 2.75) is 53.6 Å². The molecule has 0 aliphatic carbocycles. The van der Waals surface area contributed by atoms with Crippen LogP contribution in [0.3, 0.4) is 0 Å². The largest absolute Gasteiger partial charge is 0.369 e. The van der Waals surface area contributed by atoms with Crippen LogP contribution in [0.25, 0.3) is 32.5 Å². The van der Waals surface area contributed by atoms with Gasteiger partial charge in [0.15, 0.2) is 11.9 Å². The van der Waals surface area contributed by atoms with Gasteiger partial charge in [-0.15, -0.1) is 29.8 Å². The molecule has 5 aromatic heterocycles. The van der Waals surface area contributed by atoms with Crippen molar-refractivity contribution in [2.75, 3.05) is 11.5 Å². The number of anilines is 2. The fourth-order valence-electron chi connectivity index (χ4n) is 4.42. The van der Waals surface area contributed by atoms with Crippen LogP contribution in [0.2, 0.25) is 0 Å². The van der Waals surface area contributed by atoms with E-state index in [1.165, 1.54) is 0 Å². The van der Waals surface area contributed by atoms with Crippen molar-refractivity contribution in [1.82, 2.24) is 54.9 Å². The number of imidazole rings is 4. The smallest absolute Gasteiger partial charge is 0.197 e. The number of aromatic nitrogens is 11. The summed E-state index contributed by atoms with van der Waals surface area (Å²) in [6.07, 6.45) is 13.6.